The summed E-state index contributed by atoms with van der Waals surface area (Å²) in [5.41, 5.74) is 6.44. The summed E-state index contributed by atoms with van der Waals surface area (Å²) >= 11 is 0. The lowest BCUT2D eigenvalue weighted by Gasteiger charge is -2.49. The van der Waals surface area contributed by atoms with Crippen LogP contribution in [0.2, 0.25) is 0 Å². The maximum Gasteiger partial charge on any atom is 0.260 e. The third kappa shape index (κ3) is 3.67. The Bertz CT molecular complexity index is 481. The van der Waals surface area contributed by atoms with Crippen molar-refractivity contribution in [3.63, 3.8) is 0 Å². The van der Waals surface area contributed by atoms with E-state index >= 15 is 0 Å². The zero-order chi connectivity index (χ0) is 15.5. The van der Waals surface area contributed by atoms with Crippen LogP contribution in [0.4, 0.5) is 5.69 Å². The van der Waals surface area contributed by atoms with Crippen molar-refractivity contribution in [2.75, 3.05) is 40.0 Å². The van der Waals surface area contributed by atoms with Gasteiger partial charge in [0.2, 0.25) is 0 Å². The molecule has 0 atom stereocenters. The number of nitrogens with two attached hydrogens (primary N) is 1. The van der Waals surface area contributed by atoms with Crippen LogP contribution in [-0.2, 0) is 4.79 Å². The van der Waals surface area contributed by atoms with Gasteiger partial charge in [0.1, 0.15) is 5.75 Å². The van der Waals surface area contributed by atoms with Crippen LogP contribution < -0.4 is 10.5 Å². The lowest BCUT2D eigenvalue weighted by Crippen LogP contribution is -2.57. The van der Waals surface area contributed by atoms with Crippen LogP contribution in [0.1, 0.15) is 19.3 Å². The number of hydrogen-bond donors (Lipinski definition) is 1. The number of likely N-dealkylation sites (N-methyl/N-ethyl adjacent to an activating group) is 2. The highest BCUT2D eigenvalue weighted by Crippen LogP contribution is 2.36. The molecule has 0 heterocycles. The van der Waals surface area contributed by atoms with Crippen molar-refractivity contribution in [3.05, 3.63) is 24.3 Å². The van der Waals surface area contributed by atoms with Gasteiger partial charge >= 0.3 is 0 Å². The number of nitrogens with zero attached hydrogens (tertiary/aromatic N) is 2. The van der Waals surface area contributed by atoms with E-state index in [1.165, 1.54) is 6.42 Å². The maximum absolute atomic E-state index is 12.2. The zero-order valence-electron chi connectivity index (χ0n) is 13.1. The number of benzene rings is 1. The molecule has 2 rings (SSSR count). The Hall–Kier alpha value is -1.75. The highest BCUT2D eigenvalue weighted by atomic mass is 16.5. The van der Waals surface area contributed by atoms with Gasteiger partial charge in [0.05, 0.1) is 0 Å². The summed E-state index contributed by atoms with van der Waals surface area (Å²) in [5, 5.41) is 0. The first-order valence-corrected chi connectivity index (χ1v) is 7.33. The highest BCUT2D eigenvalue weighted by Gasteiger charge is 2.40. The van der Waals surface area contributed by atoms with Crippen molar-refractivity contribution in [1.82, 2.24) is 9.80 Å². The molecule has 1 aliphatic rings. The van der Waals surface area contributed by atoms with Crippen LogP contribution in [0.3, 0.4) is 0 Å². The van der Waals surface area contributed by atoms with E-state index in [0.29, 0.717) is 11.4 Å². The van der Waals surface area contributed by atoms with Crippen molar-refractivity contribution in [1.29, 1.82) is 0 Å². The predicted octanol–water partition coefficient (Wildman–Crippen LogP) is 1.59. The zero-order valence-corrected chi connectivity index (χ0v) is 13.1. The topological polar surface area (TPSA) is 58.8 Å². The molecule has 5 heteroatoms. The molecule has 0 bridgehead atoms. The summed E-state index contributed by atoms with van der Waals surface area (Å²) in [6.07, 6.45) is 3.54. The maximum atomic E-state index is 12.2. The second-order valence-corrected chi connectivity index (χ2v) is 6.08. The van der Waals surface area contributed by atoms with Gasteiger partial charge in [-0.25, -0.2) is 0 Å². The first-order chi connectivity index (χ1) is 9.93. The standard InChI is InChI=1S/C16H25N3O2/c1-18(2)16(9-4-10-16)12-19(3)15(20)11-21-14-7-5-13(17)6-8-14/h5-8H,4,9-12,17H2,1-3H3. The fraction of sp³-hybridized carbons (Fsp3) is 0.562. The Labute approximate surface area is 126 Å². The molecule has 1 saturated carbocycles. The molecule has 1 aliphatic carbocycles. The largest absolute Gasteiger partial charge is 0.484 e. The minimum Gasteiger partial charge on any atom is -0.484 e. The molecule has 0 radical (unpaired) electrons. The fourth-order valence-electron chi connectivity index (χ4n) is 2.68. The molecule has 0 aliphatic heterocycles. The van der Waals surface area contributed by atoms with Crippen LogP contribution in [-0.4, -0.2) is 55.5 Å². The number of hydrogen-bond acceptors (Lipinski definition) is 4. The Morgan fingerprint density at radius 1 is 1.24 bits per heavy atom. The van der Waals surface area contributed by atoms with Gasteiger partial charge < -0.3 is 20.3 Å². The van der Waals surface area contributed by atoms with Gasteiger partial charge in [-0.05, 0) is 57.6 Å². The molecule has 0 saturated heterocycles. The number of carbonyl (C=O) groups excluding carboxylic acids is 1. The number of rotatable bonds is 6. The molecular weight excluding hydrogens is 266 g/mol. The van der Waals surface area contributed by atoms with E-state index in [1.54, 1.807) is 29.2 Å². The molecule has 0 spiro atoms. The lowest BCUT2D eigenvalue weighted by molar-refractivity contribution is -0.134. The number of nitrogen functional groups attached to an aromatic ring is 1. The Morgan fingerprint density at radius 3 is 2.33 bits per heavy atom. The number of anilines is 1. The second kappa shape index (κ2) is 6.35. The van der Waals surface area contributed by atoms with Crippen molar-refractivity contribution >= 4 is 11.6 Å². The Balaban J connectivity index is 1.84. The normalized spacial score (nSPS) is 16.4. The average Bonchev–Trinajstić information content (AvgIpc) is 2.41. The summed E-state index contributed by atoms with van der Waals surface area (Å²) in [7, 11) is 6.02. The number of ether oxygens (including phenoxy) is 1. The first-order valence-electron chi connectivity index (χ1n) is 7.33. The fourth-order valence-corrected chi connectivity index (χ4v) is 2.68. The van der Waals surface area contributed by atoms with E-state index in [2.05, 4.69) is 19.0 Å². The Morgan fingerprint density at radius 2 is 1.86 bits per heavy atom. The highest BCUT2D eigenvalue weighted by molar-refractivity contribution is 5.77. The van der Waals surface area contributed by atoms with E-state index in [4.69, 9.17) is 10.5 Å². The SMILES string of the molecule is CN(CC1(N(C)C)CCC1)C(=O)COc1ccc(N)cc1. The molecule has 5 nitrogen and oxygen atoms in total. The van der Waals surface area contributed by atoms with Crippen molar-refractivity contribution in [3.8, 4) is 5.75 Å². The Kier molecular flexibility index (Phi) is 4.73. The van der Waals surface area contributed by atoms with E-state index in [0.717, 1.165) is 19.4 Å². The van der Waals surface area contributed by atoms with Gasteiger partial charge in [-0.2, -0.15) is 0 Å². The summed E-state index contributed by atoms with van der Waals surface area (Å²) in [6.45, 7) is 0.813. The van der Waals surface area contributed by atoms with Gasteiger partial charge in [-0.15, -0.1) is 0 Å². The van der Waals surface area contributed by atoms with E-state index in [9.17, 15) is 4.79 Å². The summed E-state index contributed by atoms with van der Waals surface area (Å²) < 4.78 is 5.51. The first kappa shape index (κ1) is 15.6. The number of amides is 1. The summed E-state index contributed by atoms with van der Waals surface area (Å²) in [5.74, 6) is 0.664. The van der Waals surface area contributed by atoms with E-state index in [1.807, 2.05) is 7.05 Å². The molecular formula is C16H25N3O2. The molecule has 21 heavy (non-hydrogen) atoms. The van der Waals surface area contributed by atoms with Crippen LogP contribution in [0.5, 0.6) is 5.75 Å². The van der Waals surface area contributed by atoms with E-state index < -0.39 is 0 Å². The van der Waals surface area contributed by atoms with Crippen LogP contribution >= 0.6 is 0 Å². The van der Waals surface area contributed by atoms with Gasteiger partial charge in [0.25, 0.3) is 5.91 Å². The third-order valence-corrected chi connectivity index (χ3v) is 4.43. The van der Waals surface area contributed by atoms with Crippen molar-refractivity contribution < 1.29 is 9.53 Å². The summed E-state index contributed by atoms with van der Waals surface area (Å²) in [6, 6.07) is 7.07. The van der Waals surface area contributed by atoms with Gasteiger partial charge in [0.15, 0.2) is 6.61 Å². The van der Waals surface area contributed by atoms with Gasteiger partial charge in [0, 0.05) is 24.8 Å². The second-order valence-electron chi connectivity index (χ2n) is 6.08. The van der Waals surface area contributed by atoms with Gasteiger partial charge in [-0.3, -0.25) is 4.79 Å². The molecule has 1 fully saturated rings. The molecule has 1 amide bonds. The lowest BCUT2D eigenvalue weighted by atomic mass is 9.75. The monoisotopic (exact) mass is 291 g/mol. The van der Waals surface area contributed by atoms with Gasteiger partial charge in [-0.1, -0.05) is 0 Å². The molecule has 0 unspecified atom stereocenters. The van der Waals surface area contributed by atoms with Crippen molar-refractivity contribution in [2.45, 2.75) is 24.8 Å². The van der Waals surface area contributed by atoms with Crippen molar-refractivity contribution in [2.24, 2.45) is 0 Å². The average molecular weight is 291 g/mol. The molecule has 1 aromatic rings. The third-order valence-electron chi connectivity index (χ3n) is 4.43. The van der Waals surface area contributed by atoms with Crippen LogP contribution in [0.15, 0.2) is 24.3 Å². The predicted molar refractivity (Wildman–Crippen MR) is 84.3 cm³/mol. The quantitative estimate of drug-likeness (QED) is 0.809. The molecule has 0 aromatic heterocycles. The van der Waals surface area contributed by atoms with Crippen LogP contribution in [0.25, 0.3) is 0 Å². The molecule has 116 valence electrons. The minimum absolute atomic E-state index is 0.0000463. The molecule has 2 N–H and O–H groups in total. The number of carbonyl (C=O) groups is 1. The smallest absolute Gasteiger partial charge is 0.260 e. The molecule has 1 aromatic carbocycles. The van der Waals surface area contributed by atoms with Crippen LogP contribution in [0, 0.1) is 0 Å². The minimum atomic E-state index is -0.0000463. The van der Waals surface area contributed by atoms with E-state index in [-0.39, 0.29) is 18.1 Å². The summed E-state index contributed by atoms with van der Waals surface area (Å²) in [4.78, 5) is 16.2.